The van der Waals surface area contributed by atoms with Gasteiger partial charge in [0, 0.05) is 11.5 Å². The average molecular weight is 492 g/mol. The molecule has 170 valence electrons. The number of thioether (sulfide) groups is 1. The lowest BCUT2D eigenvalue weighted by atomic mass is 10.1. The van der Waals surface area contributed by atoms with Crippen molar-refractivity contribution in [1.82, 2.24) is 9.55 Å². The Morgan fingerprint density at radius 1 is 1.41 bits per heavy atom. The molecule has 4 rings (SSSR count). The predicted octanol–water partition coefficient (Wildman–Crippen LogP) is 5.20. The van der Waals surface area contributed by atoms with Crippen LogP contribution in [0.15, 0.2) is 28.2 Å². The topological polar surface area (TPSA) is 73.2 Å². The average Bonchev–Trinajstić information content (AvgIpc) is 3.37. The van der Waals surface area contributed by atoms with Crippen LogP contribution in [0.2, 0.25) is 5.02 Å². The van der Waals surface area contributed by atoms with Crippen LogP contribution >= 0.6 is 34.7 Å². The van der Waals surface area contributed by atoms with Crippen LogP contribution in [0.4, 0.5) is 5.69 Å². The largest absolute Gasteiger partial charge is 0.376 e. The zero-order valence-electron chi connectivity index (χ0n) is 18.4. The Hall–Kier alpha value is -1.87. The Morgan fingerprint density at radius 3 is 2.91 bits per heavy atom. The lowest BCUT2D eigenvalue weighted by Crippen LogP contribution is -2.29. The van der Waals surface area contributed by atoms with Gasteiger partial charge in [0.25, 0.3) is 5.56 Å². The van der Waals surface area contributed by atoms with Crippen LogP contribution in [0.25, 0.3) is 10.2 Å². The SMILES string of the molecule is CCc1c(C)sc2nc(SCC(=O)Nc3ccc(C)cc3Cl)n(CC3CCCO3)c(=O)c12. The van der Waals surface area contributed by atoms with Crippen molar-refractivity contribution in [3.8, 4) is 0 Å². The summed E-state index contributed by atoms with van der Waals surface area (Å²) in [6.07, 6.45) is 2.70. The van der Waals surface area contributed by atoms with Crippen molar-refractivity contribution in [3.63, 3.8) is 0 Å². The van der Waals surface area contributed by atoms with Crippen LogP contribution in [0, 0.1) is 13.8 Å². The minimum absolute atomic E-state index is 0.00343. The number of carbonyl (C=O) groups excluding carboxylic acids is 1. The normalized spacial score (nSPS) is 16.1. The molecule has 0 aliphatic carbocycles. The van der Waals surface area contributed by atoms with Gasteiger partial charge in [0.05, 0.1) is 34.5 Å². The summed E-state index contributed by atoms with van der Waals surface area (Å²) in [5, 5.41) is 4.60. The molecule has 1 amide bonds. The third kappa shape index (κ3) is 4.88. The number of anilines is 1. The summed E-state index contributed by atoms with van der Waals surface area (Å²) in [7, 11) is 0. The summed E-state index contributed by atoms with van der Waals surface area (Å²) < 4.78 is 7.47. The summed E-state index contributed by atoms with van der Waals surface area (Å²) >= 11 is 9.04. The van der Waals surface area contributed by atoms with Gasteiger partial charge in [-0.05, 0) is 56.4 Å². The molecule has 0 spiro atoms. The number of hydrogen-bond donors (Lipinski definition) is 1. The number of ether oxygens (including phenoxy) is 1. The van der Waals surface area contributed by atoms with E-state index in [0.717, 1.165) is 46.7 Å². The smallest absolute Gasteiger partial charge is 0.263 e. The Kier molecular flexibility index (Phi) is 7.24. The van der Waals surface area contributed by atoms with Gasteiger partial charge in [-0.2, -0.15) is 0 Å². The van der Waals surface area contributed by atoms with Crippen molar-refractivity contribution in [2.45, 2.75) is 57.8 Å². The number of rotatable bonds is 7. The number of aryl methyl sites for hydroxylation is 3. The van der Waals surface area contributed by atoms with Crippen LogP contribution in [0.3, 0.4) is 0 Å². The molecule has 1 aromatic carbocycles. The number of halogens is 1. The van der Waals surface area contributed by atoms with Crippen LogP contribution in [-0.2, 0) is 22.5 Å². The quantitative estimate of drug-likeness (QED) is 0.363. The zero-order chi connectivity index (χ0) is 22.8. The molecule has 1 N–H and O–H groups in total. The van der Waals surface area contributed by atoms with Gasteiger partial charge in [0.1, 0.15) is 4.83 Å². The first kappa shape index (κ1) is 23.3. The fourth-order valence-electron chi connectivity index (χ4n) is 3.96. The molecule has 1 aliphatic rings. The number of nitrogens with one attached hydrogen (secondary N) is 1. The number of benzene rings is 1. The highest BCUT2D eigenvalue weighted by Gasteiger charge is 2.23. The van der Waals surface area contributed by atoms with Crippen molar-refractivity contribution in [3.05, 3.63) is 49.6 Å². The van der Waals surface area contributed by atoms with E-state index in [2.05, 4.69) is 12.2 Å². The number of carbonyl (C=O) groups is 1. The number of fused-ring (bicyclic) bond motifs is 1. The molecule has 1 saturated heterocycles. The van der Waals surface area contributed by atoms with Crippen LogP contribution in [0.1, 0.15) is 35.8 Å². The van der Waals surface area contributed by atoms with Gasteiger partial charge in [-0.1, -0.05) is 36.4 Å². The second-order valence-corrected chi connectivity index (χ2v) is 10.5. The van der Waals surface area contributed by atoms with Crippen molar-refractivity contribution < 1.29 is 9.53 Å². The third-order valence-corrected chi connectivity index (χ3v) is 7.90. The van der Waals surface area contributed by atoms with E-state index >= 15 is 0 Å². The zero-order valence-corrected chi connectivity index (χ0v) is 20.8. The first-order chi connectivity index (χ1) is 15.4. The van der Waals surface area contributed by atoms with Gasteiger partial charge in [-0.25, -0.2) is 4.98 Å². The molecule has 2 aromatic heterocycles. The maximum Gasteiger partial charge on any atom is 0.263 e. The van der Waals surface area contributed by atoms with Gasteiger partial charge in [0.2, 0.25) is 5.91 Å². The molecule has 1 aliphatic heterocycles. The number of aromatic nitrogens is 2. The van der Waals surface area contributed by atoms with Crippen molar-refractivity contribution in [1.29, 1.82) is 0 Å². The van der Waals surface area contributed by atoms with E-state index in [0.29, 0.717) is 27.8 Å². The van der Waals surface area contributed by atoms with Crippen molar-refractivity contribution >= 4 is 56.5 Å². The molecule has 3 aromatic rings. The fraction of sp³-hybridized carbons (Fsp3) is 0.435. The lowest BCUT2D eigenvalue weighted by Gasteiger charge is -2.16. The second kappa shape index (κ2) is 9.95. The summed E-state index contributed by atoms with van der Waals surface area (Å²) in [6.45, 7) is 7.20. The van der Waals surface area contributed by atoms with E-state index in [-0.39, 0.29) is 23.3 Å². The van der Waals surface area contributed by atoms with E-state index in [1.54, 1.807) is 10.6 Å². The van der Waals surface area contributed by atoms with Gasteiger partial charge in [0.15, 0.2) is 5.16 Å². The van der Waals surface area contributed by atoms with E-state index in [1.807, 2.05) is 26.0 Å². The molecule has 0 radical (unpaired) electrons. The highest BCUT2D eigenvalue weighted by atomic mass is 35.5. The first-order valence-electron chi connectivity index (χ1n) is 10.7. The summed E-state index contributed by atoms with van der Waals surface area (Å²) in [5.41, 5.74) is 2.61. The molecular formula is C23H26ClN3O3S2. The Morgan fingerprint density at radius 2 is 2.22 bits per heavy atom. The minimum atomic E-state index is -0.199. The monoisotopic (exact) mass is 491 g/mol. The van der Waals surface area contributed by atoms with Crippen LogP contribution < -0.4 is 10.9 Å². The Balaban J connectivity index is 1.61. The molecular weight excluding hydrogens is 466 g/mol. The number of thiophene rings is 1. The molecule has 1 atom stereocenters. The van der Waals surface area contributed by atoms with Gasteiger partial charge < -0.3 is 10.1 Å². The molecule has 1 fully saturated rings. The maximum atomic E-state index is 13.5. The minimum Gasteiger partial charge on any atom is -0.376 e. The fourth-order valence-corrected chi connectivity index (χ4v) is 6.20. The summed E-state index contributed by atoms with van der Waals surface area (Å²) in [4.78, 5) is 32.7. The van der Waals surface area contributed by atoms with Crippen molar-refractivity contribution in [2.24, 2.45) is 0 Å². The first-order valence-corrected chi connectivity index (χ1v) is 12.9. The highest BCUT2D eigenvalue weighted by Crippen LogP contribution is 2.30. The van der Waals surface area contributed by atoms with Crippen LogP contribution in [0.5, 0.6) is 0 Å². The van der Waals surface area contributed by atoms with Crippen molar-refractivity contribution in [2.75, 3.05) is 17.7 Å². The highest BCUT2D eigenvalue weighted by molar-refractivity contribution is 7.99. The molecule has 0 bridgehead atoms. The molecule has 0 saturated carbocycles. The third-order valence-electron chi connectivity index (χ3n) is 5.57. The van der Waals surface area contributed by atoms with Gasteiger partial charge in [-0.15, -0.1) is 11.3 Å². The second-order valence-electron chi connectivity index (χ2n) is 7.94. The van der Waals surface area contributed by atoms with E-state index < -0.39 is 0 Å². The number of nitrogens with zero attached hydrogens (tertiary/aromatic N) is 2. The van der Waals surface area contributed by atoms with E-state index in [4.69, 9.17) is 21.3 Å². The molecule has 9 heteroatoms. The van der Waals surface area contributed by atoms with E-state index in [9.17, 15) is 9.59 Å². The summed E-state index contributed by atoms with van der Waals surface area (Å²) in [5.74, 6) is -0.0751. The van der Waals surface area contributed by atoms with Gasteiger partial charge in [-0.3, -0.25) is 14.2 Å². The molecule has 1 unspecified atom stereocenters. The predicted molar refractivity (Wildman–Crippen MR) is 133 cm³/mol. The van der Waals surface area contributed by atoms with E-state index in [1.165, 1.54) is 23.1 Å². The maximum absolute atomic E-state index is 13.5. The standard InChI is InChI=1S/C23H26ClN3O3S2/c1-4-16-14(3)32-21-20(16)22(29)27(11-15-6-5-9-30-15)23(26-21)31-12-19(28)25-18-8-7-13(2)10-17(18)24/h7-8,10,15H,4-6,9,11-12H2,1-3H3,(H,25,28). The Labute approximate surface area is 200 Å². The number of hydrogen-bond acceptors (Lipinski definition) is 6. The van der Waals surface area contributed by atoms with Crippen LogP contribution in [-0.4, -0.2) is 33.9 Å². The molecule has 32 heavy (non-hydrogen) atoms. The Bertz CT molecular complexity index is 1220. The molecule has 6 nitrogen and oxygen atoms in total. The summed E-state index contributed by atoms with van der Waals surface area (Å²) in [6, 6.07) is 5.50. The van der Waals surface area contributed by atoms with Gasteiger partial charge >= 0.3 is 0 Å². The number of amides is 1. The lowest BCUT2D eigenvalue weighted by molar-refractivity contribution is -0.113. The molecule has 3 heterocycles.